The number of sulfonamides is 1. The maximum absolute atomic E-state index is 12.3. The molecule has 0 aliphatic rings. The van der Waals surface area contributed by atoms with Gasteiger partial charge >= 0.3 is 0 Å². The smallest absolute Gasteiger partial charge is 0.243 e. The summed E-state index contributed by atoms with van der Waals surface area (Å²) in [5, 5.41) is 9.36. The molecule has 0 atom stereocenters. The fraction of sp³-hybridized carbons (Fsp3) is 0.231. The Morgan fingerprint density at radius 1 is 1.32 bits per heavy atom. The van der Waals surface area contributed by atoms with Crippen molar-refractivity contribution in [3.63, 3.8) is 0 Å². The fourth-order valence-corrected chi connectivity index (χ4v) is 2.91. The number of hydrogen-bond donors (Lipinski definition) is 1. The molecule has 0 aliphatic carbocycles. The minimum Gasteiger partial charge on any atom is -0.508 e. The zero-order valence-corrected chi connectivity index (χ0v) is 11.5. The lowest BCUT2D eigenvalue weighted by Gasteiger charge is -2.16. The average molecular weight is 281 g/mol. The Hall–Kier alpha value is -1.79. The van der Waals surface area contributed by atoms with Crippen LogP contribution in [0.4, 0.5) is 0 Å². The zero-order chi connectivity index (χ0) is 14.0. The van der Waals surface area contributed by atoms with Crippen LogP contribution in [0.25, 0.3) is 0 Å². The van der Waals surface area contributed by atoms with Gasteiger partial charge in [0.1, 0.15) is 11.5 Å². The van der Waals surface area contributed by atoms with E-state index in [-0.39, 0.29) is 17.2 Å². The van der Waals surface area contributed by atoms with Gasteiger partial charge < -0.3 is 9.52 Å². The summed E-state index contributed by atoms with van der Waals surface area (Å²) < 4.78 is 31.0. The highest BCUT2D eigenvalue weighted by Crippen LogP contribution is 2.21. The molecule has 2 aromatic rings. The predicted octanol–water partition coefficient (Wildman–Crippen LogP) is 2.11. The van der Waals surface area contributed by atoms with Crippen molar-refractivity contribution in [2.24, 2.45) is 0 Å². The van der Waals surface area contributed by atoms with Crippen molar-refractivity contribution in [3.05, 3.63) is 47.9 Å². The van der Waals surface area contributed by atoms with Crippen molar-refractivity contribution in [3.8, 4) is 5.75 Å². The van der Waals surface area contributed by atoms with Crippen LogP contribution in [-0.2, 0) is 16.6 Å². The Labute approximate surface area is 112 Å². The lowest BCUT2D eigenvalue weighted by molar-refractivity contribution is 0.454. The van der Waals surface area contributed by atoms with Gasteiger partial charge in [-0.3, -0.25) is 0 Å². The van der Waals surface area contributed by atoms with E-state index < -0.39 is 10.0 Å². The first-order valence-corrected chi connectivity index (χ1v) is 7.13. The van der Waals surface area contributed by atoms with Gasteiger partial charge in [-0.1, -0.05) is 6.07 Å². The lowest BCUT2D eigenvalue weighted by Crippen LogP contribution is -2.26. The second-order valence-electron chi connectivity index (χ2n) is 4.26. The first-order valence-electron chi connectivity index (χ1n) is 5.69. The Morgan fingerprint density at radius 3 is 2.63 bits per heavy atom. The standard InChI is InChI=1S/C13H15NO4S/c1-10-11(6-7-18-10)9-14(2)19(16,17)13-5-3-4-12(15)8-13/h3-8,15H,9H2,1-2H3. The molecule has 0 aliphatic heterocycles. The van der Waals surface area contributed by atoms with Gasteiger partial charge in [0.05, 0.1) is 11.2 Å². The fourth-order valence-electron chi connectivity index (χ4n) is 1.72. The summed E-state index contributed by atoms with van der Waals surface area (Å²) in [7, 11) is -2.13. The van der Waals surface area contributed by atoms with Crippen LogP contribution < -0.4 is 0 Å². The number of aromatic hydroxyl groups is 1. The molecule has 6 heteroatoms. The molecule has 19 heavy (non-hydrogen) atoms. The molecule has 2 rings (SSSR count). The summed E-state index contributed by atoms with van der Waals surface area (Å²) >= 11 is 0. The number of hydrogen-bond acceptors (Lipinski definition) is 4. The van der Waals surface area contributed by atoms with Crippen LogP contribution in [-0.4, -0.2) is 24.9 Å². The monoisotopic (exact) mass is 281 g/mol. The van der Waals surface area contributed by atoms with E-state index in [1.807, 2.05) is 0 Å². The highest BCUT2D eigenvalue weighted by Gasteiger charge is 2.22. The van der Waals surface area contributed by atoms with Crippen LogP contribution in [0.15, 0.2) is 45.9 Å². The maximum Gasteiger partial charge on any atom is 0.243 e. The molecule has 1 heterocycles. The molecule has 0 saturated carbocycles. The predicted molar refractivity (Wildman–Crippen MR) is 70.2 cm³/mol. The first-order chi connectivity index (χ1) is 8.91. The van der Waals surface area contributed by atoms with Crippen LogP contribution >= 0.6 is 0 Å². The van der Waals surface area contributed by atoms with Crippen LogP contribution in [0.1, 0.15) is 11.3 Å². The second-order valence-corrected chi connectivity index (χ2v) is 6.31. The zero-order valence-electron chi connectivity index (χ0n) is 10.7. The van der Waals surface area contributed by atoms with Crippen molar-refractivity contribution in [2.45, 2.75) is 18.4 Å². The van der Waals surface area contributed by atoms with Crippen LogP contribution in [0, 0.1) is 6.92 Å². The normalized spacial score (nSPS) is 11.9. The number of phenolic OH excluding ortho intramolecular Hbond substituents is 1. The molecular formula is C13H15NO4S. The minimum absolute atomic E-state index is 0.0659. The number of nitrogens with zero attached hydrogens (tertiary/aromatic N) is 1. The van der Waals surface area contributed by atoms with Crippen molar-refractivity contribution < 1.29 is 17.9 Å². The van der Waals surface area contributed by atoms with Gasteiger partial charge in [-0.25, -0.2) is 8.42 Å². The second kappa shape index (κ2) is 5.07. The van der Waals surface area contributed by atoms with Crippen LogP contribution in [0.2, 0.25) is 0 Å². The number of furan rings is 1. The van der Waals surface area contributed by atoms with E-state index in [0.717, 1.165) is 5.56 Å². The summed E-state index contributed by atoms with van der Waals surface area (Å²) in [5.74, 6) is 0.618. The van der Waals surface area contributed by atoms with Gasteiger partial charge in [0, 0.05) is 19.2 Å². The Morgan fingerprint density at radius 2 is 2.05 bits per heavy atom. The SMILES string of the molecule is Cc1occc1CN(C)S(=O)(=O)c1cccc(O)c1. The first kappa shape index (κ1) is 13.6. The molecule has 102 valence electrons. The van der Waals surface area contributed by atoms with Crippen LogP contribution in [0.5, 0.6) is 5.75 Å². The quantitative estimate of drug-likeness (QED) is 0.931. The summed E-state index contributed by atoms with van der Waals surface area (Å²) in [6.07, 6.45) is 1.53. The van der Waals surface area contributed by atoms with Crippen LogP contribution in [0.3, 0.4) is 0 Å². The largest absolute Gasteiger partial charge is 0.508 e. The highest BCUT2D eigenvalue weighted by molar-refractivity contribution is 7.89. The molecule has 0 unspecified atom stereocenters. The summed E-state index contributed by atoms with van der Waals surface area (Å²) in [5.41, 5.74) is 0.811. The number of rotatable bonds is 4. The van der Waals surface area contributed by atoms with E-state index in [1.165, 1.54) is 41.9 Å². The molecule has 1 N–H and O–H groups in total. The molecular weight excluding hydrogens is 266 g/mol. The molecule has 0 amide bonds. The van der Waals surface area contributed by atoms with E-state index in [9.17, 15) is 13.5 Å². The third kappa shape index (κ3) is 2.80. The topological polar surface area (TPSA) is 70.8 Å². The number of phenols is 1. The Bertz CT molecular complexity index is 675. The van der Waals surface area contributed by atoms with E-state index in [0.29, 0.717) is 5.76 Å². The van der Waals surface area contributed by atoms with Gasteiger partial charge in [-0.15, -0.1) is 0 Å². The van der Waals surface area contributed by atoms with Crippen molar-refractivity contribution in [2.75, 3.05) is 7.05 Å². The minimum atomic E-state index is -3.62. The summed E-state index contributed by atoms with van der Waals surface area (Å²) in [6, 6.07) is 7.35. The third-order valence-electron chi connectivity index (χ3n) is 2.89. The summed E-state index contributed by atoms with van der Waals surface area (Å²) in [6.45, 7) is 2.00. The molecule has 0 fully saturated rings. The Balaban J connectivity index is 2.27. The van der Waals surface area contributed by atoms with Gasteiger partial charge in [-0.05, 0) is 31.2 Å². The highest BCUT2D eigenvalue weighted by atomic mass is 32.2. The average Bonchev–Trinajstić information content (AvgIpc) is 2.75. The molecule has 0 saturated heterocycles. The molecule has 0 bridgehead atoms. The number of benzene rings is 1. The third-order valence-corrected chi connectivity index (χ3v) is 4.68. The molecule has 1 aromatic carbocycles. The van der Waals surface area contributed by atoms with Crippen molar-refractivity contribution in [1.29, 1.82) is 0 Å². The van der Waals surface area contributed by atoms with E-state index in [1.54, 1.807) is 13.0 Å². The number of aryl methyl sites for hydroxylation is 1. The van der Waals surface area contributed by atoms with Crippen molar-refractivity contribution >= 4 is 10.0 Å². The van der Waals surface area contributed by atoms with Gasteiger partial charge in [-0.2, -0.15) is 4.31 Å². The molecule has 0 radical (unpaired) electrons. The molecule has 0 spiro atoms. The van der Waals surface area contributed by atoms with E-state index in [4.69, 9.17) is 4.42 Å². The van der Waals surface area contributed by atoms with Gasteiger partial charge in [0.25, 0.3) is 0 Å². The van der Waals surface area contributed by atoms with Gasteiger partial charge in [0.2, 0.25) is 10.0 Å². The lowest BCUT2D eigenvalue weighted by atomic mass is 10.3. The summed E-state index contributed by atoms with van der Waals surface area (Å²) in [4.78, 5) is 0.0659. The maximum atomic E-state index is 12.3. The van der Waals surface area contributed by atoms with Gasteiger partial charge in [0.15, 0.2) is 0 Å². The Kier molecular flexibility index (Phi) is 3.64. The molecule has 1 aromatic heterocycles. The van der Waals surface area contributed by atoms with E-state index >= 15 is 0 Å². The van der Waals surface area contributed by atoms with E-state index in [2.05, 4.69) is 0 Å². The van der Waals surface area contributed by atoms with Crippen molar-refractivity contribution in [1.82, 2.24) is 4.31 Å². The molecule has 5 nitrogen and oxygen atoms in total.